The summed E-state index contributed by atoms with van der Waals surface area (Å²) in [6.45, 7) is 1.98. The van der Waals surface area contributed by atoms with Gasteiger partial charge in [-0.2, -0.15) is 0 Å². The fourth-order valence-corrected chi connectivity index (χ4v) is 2.61. The van der Waals surface area contributed by atoms with Crippen LogP contribution < -0.4 is 0 Å². The highest BCUT2D eigenvalue weighted by molar-refractivity contribution is 6.30. The van der Waals surface area contributed by atoms with E-state index in [9.17, 15) is 4.39 Å². The molecule has 0 aliphatic rings. The molecule has 2 aromatic carbocycles. The zero-order valence-electron chi connectivity index (χ0n) is 10.7. The summed E-state index contributed by atoms with van der Waals surface area (Å²) in [6.07, 6.45) is 0. The van der Waals surface area contributed by atoms with Crippen LogP contribution in [0, 0.1) is 12.7 Å². The molecule has 0 amide bonds. The van der Waals surface area contributed by atoms with Crippen LogP contribution in [0.1, 0.15) is 11.4 Å². The van der Waals surface area contributed by atoms with Crippen LogP contribution >= 0.6 is 23.2 Å². The second-order valence-corrected chi connectivity index (χ2v) is 5.24. The van der Waals surface area contributed by atoms with Gasteiger partial charge in [0, 0.05) is 0 Å². The molecule has 2 nitrogen and oxygen atoms in total. The molecule has 0 aliphatic carbocycles. The predicted molar refractivity (Wildman–Crippen MR) is 80.3 cm³/mol. The number of benzene rings is 2. The summed E-state index contributed by atoms with van der Waals surface area (Å²) in [6, 6.07) is 10.7. The summed E-state index contributed by atoms with van der Waals surface area (Å²) in [4.78, 5) is 4.44. The summed E-state index contributed by atoms with van der Waals surface area (Å²) in [7, 11) is 0. The fourth-order valence-electron chi connectivity index (χ4n) is 2.26. The van der Waals surface area contributed by atoms with Gasteiger partial charge in [0.2, 0.25) is 0 Å². The van der Waals surface area contributed by atoms with E-state index in [0.29, 0.717) is 11.5 Å². The minimum Gasteiger partial charge on any atom is -0.292 e. The number of aryl methyl sites for hydroxylation is 1. The van der Waals surface area contributed by atoms with Gasteiger partial charge in [-0.15, -0.1) is 11.6 Å². The van der Waals surface area contributed by atoms with Crippen molar-refractivity contribution in [3.63, 3.8) is 0 Å². The van der Waals surface area contributed by atoms with Crippen molar-refractivity contribution < 1.29 is 4.39 Å². The minimum atomic E-state index is -0.471. The van der Waals surface area contributed by atoms with Gasteiger partial charge in [0.15, 0.2) is 5.82 Å². The van der Waals surface area contributed by atoms with Gasteiger partial charge in [-0.25, -0.2) is 9.37 Å². The molecule has 0 saturated heterocycles. The smallest absolute Gasteiger partial charge is 0.165 e. The van der Waals surface area contributed by atoms with Crippen molar-refractivity contribution in [2.24, 2.45) is 0 Å². The average molecular weight is 309 g/mol. The number of hydrogen-bond donors (Lipinski definition) is 0. The number of halogens is 3. The van der Waals surface area contributed by atoms with Crippen LogP contribution in [0.4, 0.5) is 4.39 Å². The zero-order valence-corrected chi connectivity index (χ0v) is 12.2. The summed E-state index contributed by atoms with van der Waals surface area (Å²) in [5, 5.41) is 0.0810. The lowest BCUT2D eigenvalue weighted by molar-refractivity contribution is 0.618. The SMILES string of the molecule is Cc1ccc2nc(CCl)n(-c3cccc(Cl)c3F)c2c1. The molecule has 3 rings (SSSR count). The topological polar surface area (TPSA) is 17.8 Å². The van der Waals surface area contributed by atoms with Gasteiger partial charge in [-0.3, -0.25) is 4.57 Å². The largest absolute Gasteiger partial charge is 0.292 e. The molecule has 0 fully saturated rings. The van der Waals surface area contributed by atoms with Crippen LogP contribution in [0.3, 0.4) is 0 Å². The Bertz CT molecular complexity index is 796. The molecule has 0 unspecified atom stereocenters. The number of imidazole rings is 1. The Balaban J connectivity index is 2.39. The van der Waals surface area contributed by atoms with Crippen LogP contribution in [0.5, 0.6) is 0 Å². The standard InChI is InChI=1S/C15H11Cl2FN2/c1-9-5-6-11-13(7-9)20(14(8-16)19-11)12-4-2-3-10(17)15(12)18/h2-7H,8H2,1H3. The predicted octanol–water partition coefficient (Wildman–Crippen LogP) is 4.87. The number of alkyl halides is 1. The van der Waals surface area contributed by atoms with Crippen LogP contribution in [-0.4, -0.2) is 9.55 Å². The van der Waals surface area contributed by atoms with Crippen molar-refractivity contribution >= 4 is 34.2 Å². The molecule has 0 spiro atoms. The normalized spacial score (nSPS) is 11.2. The Labute approximate surface area is 125 Å². The van der Waals surface area contributed by atoms with Gasteiger partial charge in [0.25, 0.3) is 0 Å². The highest BCUT2D eigenvalue weighted by Crippen LogP contribution is 2.28. The molecular weight excluding hydrogens is 298 g/mol. The maximum absolute atomic E-state index is 14.3. The Morgan fingerprint density at radius 1 is 1.25 bits per heavy atom. The van der Waals surface area contributed by atoms with Crippen molar-refractivity contribution in [3.05, 3.63) is 58.6 Å². The first-order valence-corrected chi connectivity index (χ1v) is 7.01. The molecule has 102 valence electrons. The lowest BCUT2D eigenvalue weighted by Gasteiger charge is -2.10. The molecule has 1 aromatic heterocycles. The third-order valence-electron chi connectivity index (χ3n) is 3.17. The van der Waals surface area contributed by atoms with Crippen LogP contribution in [0.2, 0.25) is 5.02 Å². The van der Waals surface area contributed by atoms with Crippen molar-refractivity contribution in [3.8, 4) is 5.69 Å². The first-order valence-electron chi connectivity index (χ1n) is 6.10. The van der Waals surface area contributed by atoms with E-state index < -0.39 is 5.82 Å². The summed E-state index contributed by atoms with van der Waals surface area (Å²) < 4.78 is 16.0. The maximum Gasteiger partial charge on any atom is 0.165 e. The van der Waals surface area contributed by atoms with E-state index in [-0.39, 0.29) is 10.9 Å². The van der Waals surface area contributed by atoms with Gasteiger partial charge in [0.05, 0.1) is 27.6 Å². The second-order valence-electron chi connectivity index (χ2n) is 4.56. The Morgan fingerprint density at radius 2 is 2.05 bits per heavy atom. The number of rotatable bonds is 2. The Morgan fingerprint density at radius 3 is 2.80 bits per heavy atom. The molecule has 0 saturated carbocycles. The van der Waals surface area contributed by atoms with Gasteiger partial charge in [0.1, 0.15) is 5.82 Å². The monoisotopic (exact) mass is 308 g/mol. The fraction of sp³-hybridized carbons (Fsp3) is 0.133. The summed E-state index contributed by atoms with van der Waals surface area (Å²) in [5.74, 6) is 0.314. The average Bonchev–Trinajstić information content (AvgIpc) is 2.79. The van der Waals surface area contributed by atoms with Crippen molar-refractivity contribution in [1.82, 2.24) is 9.55 Å². The molecule has 0 N–H and O–H groups in total. The number of hydrogen-bond acceptors (Lipinski definition) is 1. The minimum absolute atomic E-state index is 0.0810. The van der Waals surface area contributed by atoms with E-state index in [2.05, 4.69) is 4.98 Å². The van der Waals surface area contributed by atoms with E-state index in [1.165, 1.54) is 6.07 Å². The lowest BCUT2D eigenvalue weighted by atomic mass is 10.2. The molecular formula is C15H11Cl2FN2. The van der Waals surface area contributed by atoms with Gasteiger partial charge >= 0.3 is 0 Å². The molecule has 5 heteroatoms. The maximum atomic E-state index is 14.3. The quantitative estimate of drug-likeness (QED) is 0.618. The van der Waals surface area contributed by atoms with Gasteiger partial charge in [-0.05, 0) is 36.8 Å². The second kappa shape index (κ2) is 5.08. The van der Waals surface area contributed by atoms with E-state index in [4.69, 9.17) is 23.2 Å². The molecule has 3 aromatic rings. The first-order chi connectivity index (χ1) is 9.61. The third-order valence-corrected chi connectivity index (χ3v) is 3.70. The van der Waals surface area contributed by atoms with Crippen LogP contribution in [-0.2, 0) is 5.88 Å². The molecule has 0 bridgehead atoms. The third kappa shape index (κ3) is 2.07. The molecule has 0 aliphatic heterocycles. The van der Waals surface area contributed by atoms with Crippen molar-refractivity contribution in [2.45, 2.75) is 12.8 Å². The zero-order chi connectivity index (χ0) is 14.3. The van der Waals surface area contributed by atoms with E-state index >= 15 is 0 Å². The van der Waals surface area contributed by atoms with Gasteiger partial charge < -0.3 is 0 Å². The molecule has 0 atom stereocenters. The molecule has 0 radical (unpaired) electrons. The first kappa shape index (κ1) is 13.4. The summed E-state index contributed by atoms with van der Waals surface area (Å²) in [5.41, 5.74) is 3.04. The number of fused-ring (bicyclic) bond motifs is 1. The highest BCUT2D eigenvalue weighted by atomic mass is 35.5. The van der Waals surface area contributed by atoms with E-state index in [0.717, 1.165) is 16.6 Å². The summed E-state index contributed by atoms with van der Waals surface area (Å²) >= 11 is 11.8. The van der Waals surface area contributed by atoms with Gasteiger partial charge in [-0.1, -0.05) is 23.7 Å². The van der Waals surface area contributed by atoms with Crippen LogP contribution in [0.15, 0.2) is 36.4 Å². The molecule has 20 heavy (non-hydrogen) atoms. The van der Waals surface area contributed by atoms with E-state index in [1.54, 1.807) is 16.7 Å². The number of aromatic nitrogens is 2. The Kier molecular flexibility index (Phi) is 3.40. The van der Waals surface area contributed by atoms with Crippen molar-refractivity contribution in [1.29, 1.82) is 0 Å². The number of nitrogens with zero attached hydrogens (tertiary/aromatic N) is 2. The Hall–Kier alpha value is -1.58. The lowest BCUT2D eigenvalue weighted by Crippen LogP contribution is -2.02. The van der Waals surface area contributed by atoms with Crippen LogP contribution in [0.25, 0.3) is 16.7 Å². The van der Waals surface area contributed by atoms with Crippen molar-refractivity contribution in [2.75, 3.05) is 0 Å². The molecule has 1 heterocycles. The van der Waals surface area contributed by atoms with E-state index in [1.807, 2.05) is 25.1 Å². The highest BCUT2D eigenvalue weighted by Gasteiger charge is 2.16.